The standard InChI is InChI=1S/C28H17NO/c1-2-10-19-18(8-1)9-7-14-24(19)29-25-13-5-3-11-20(25)22-16-23-21-12-4-6-15-27(21)30-28(23)17-26(22)29/h1-17H. The van der Waals surface area contributed by atoms with Gasteiger partial charge in [0.05, 0.1) is 16.7 Å². The van der Waals surface area contributed by atoms with Gasteiger partial charge in [0.1, 0.15) is 11.2 Å². The first-order chi connectivity index (χ1) is 14.9. The molecule has 0 amide bonds. The minimum absolute atomic E-state index is 0.924. The predicted octanol–water partition coefficient (Wildman–Crippen LogP) is 7.84. The second-order valence-electron chi connectivity index (χ2n) is 7.81. The van der Waals surface area contributed by atoms with Crippen LogP contribution in [0.15, 0.2) is 108 Å². The van der Waals surface area contributed by atoms with Crippen LogP contribution < -0.4 is 0 Å². The van der Waals surface area contributed by atoms with Crippen molar-refractivity contribution < 1.29 is 4.42 Å². The van der Waals surface area contributed by atoms with Crippen molar-refractivity contribution in [3.05, 3.63) is 103 Å². The summed E-state index contributed by atoms with van der Waals surface area (Å²) in [4.78, 5) is 0. The Bertz CT molecular complexity index is 1740. The molecule has 0 saturated carbocycles. The molecule has 2 heteroatoms. The third-order valence-corrected chi connectivity index (χ3v) is 6.18. The largest absolute Gasteiger partial charge is 0.456 e. The predicted molar refractivity (Wildman–Crippen MR) is 126 cm³/mol. The summed E-state index contributed by atoms with van der Waals surface area (Å²) in [7, 11) is 0. The first-order valence-electron chi connectivity index (χ1n) is 10.2. The summed E-state index contributed by atoms with van der Waals surface area (Å²) in [5.74, 6) is 0. The van der Waals surface area contributed by atoms with Crippen LogP contribution >= 0.6 is 0 Å². The summed E-state index contributed by atoms with van der Waals surface area (Å²) in [6.45, 7) is 0. The van der Waals surface area contributed by atoms with E-state index < -0.39 is 0 Å². The average Bonchev–Trinajstić information content (AvgIpc) is 3.32. The first kappa shape index (κ1) is 15.8. The topological polar surface area (TPSA) is 18.1 Å². The molecular weight excluding hydrogens is 366 g/mol. The van der Waals surface area contributed by atoms with E-state index in [0.29, 0.717) is 0 Å². The maximum absolute atomic E-state index is 6.22. The van der Waals surface area contributed by atoms with Gasteiger partial charge in [-0.05, 0) is 29.7 Å². The highest BCUT2D eigenvalue weighted by atomic mass is 16.3. The van der Waals surface area contributed by atoms with E-state index in [2.05, 4.69) is 95.6 Å². The van der Waals surface area contributed by atoms with E-state index in [1.54, 1.807) is 0 Å². The minimum atomic E-state index is 0.924. The lowest BCUT2D eigenvalue weighted by molar-refractivity contribution is 0.669. The summed E-state index contributed by atoms with van der Waals surface area (Å²) in [6, 6.07) is 36.5. The molecule has 0 aliphatic rings. The zero-order chi connectivity index (χ0) is 19.7. The second-order valence-corrected chi connectivity index (χ2v) is 7.81. The zero-order valence-electron chi connectivity index (χ0n) is 16.2. The van der Waals surface area contributed by atoms with Crippen LogP contribution in [0.5, 0.6) is 0 Å². The quantitative estimate of drug-likeness (QED) is 0.282. The van der Waals surface area contributed by atoms with Crippen LogP contribution in [0.3, 0.4) is 0 Å². The van der Waals surface area contributed by atoms with E-state index in [9.17, 15) is 0 Å². The van der Waals surface area contributed by atoms with Crippen LogP contribution in [0.2, 0.25) is 0 Å². The number of hydrogen-bond acceptors (Lipinski definition) is 1. The molecule has 0 radical (unpaired) electrons. The lowest BCUT2D eigenvalue weighted by atomic mass is 10.1. The smallest absolute Gasteiger partial charge is 0.137 e. The molecule has 0 spiro atoms. The Kier molecular flexibility index (Phi) is 3.03. The second kappa shape index (κ2) is 5.74. The van der Waals surface area contributed by atoms with Crippen LogP contribution in [-0.2, 0) is 0 Å². The zero-order valence-corrected chi connectivity index (χ0v) is 16.2. The Morgan fingerprint density at radius 2 is 1.20 bits per heavy atom. The van der Waals surface area contributed by atoms with E-state index in [4.69, 9.17) is 4.42 Å². The Morgan fingerprint density at radius 1 is 0.467 bits per heavy atom. The molecule has 30 heavy (non-hydrogen) atoms. The summed E-state index contributed by atoms with van der Waals surface area (Å²) in [5.41, 5.74) is 5.42. The minimum Gasteiger partial charge on any atom is -0.456 e. The van der Waals surface area contributed by atoms with Crippen molar-refractivity contribution in [2.24, 2.45) is 0 Å². The van der Waals surface area contributed by atoms with Gasteiger partial charge < -0.3 is 8.98 Å². The Hall–Kier alpha value is -4.04. The van der Waals surface area contributed by atoms with Gasteiger partial charge in [-0.15, -0.1) is 0 Å². The van der Waals surface area contributed by atoms with Gasteiger partial charge in [-0.2, -0.15) is 0 Å². The molecular formula is C28H17NO. The van der Waals surface area contributed by atoms with E-state index in [1.807, 2.05) is 12.1 Å². The number of benzene rings is 5. The maximum atomic E-state index is 6.22. The van der Waals surface area contributed by atoms with Gasteiger partial charge in [0, 0.05) is 33.0 Å². The average molecular weight is 383 g/mol. The van der Waals surface area contributed by atoms with Crippen LogP contribution in [0.1, 0.15) is 0 Å². The van der Waals surface area contributed by atoms with E-state index in [0.717, 1.165) is 16.6 Å². The van der Waals surface area contributed by atoms with Crippen molar-refractivity contribution >= 4 is 54.5 Å². The molecule has 7 aromatic rings. The molecule has 2 nitrogen and oxygen atoms in total. The summed E-state index contributed by atoms with van der Waals surface area (Å²) in [5, 5.41) is 7.32. The Morgan fingerprint density at radius 3 is 2.13 bits per heavy atom. The Balaban J connectivity index is 1.71. The normalized spacial score (nSPS) is 12.0. The van der Waals surface area contributed by atoms with Crippen molar-refractivity contribution in [3.63, 3.8) is 0 Å². The highest BCUT2D eigenvalue weighted by molar-refractivity contribution is 6.17. The first-order valence-corrected chi connectivity index (χ1v) is 10.2. The monoisotopic (exact) mass is 383 g/mol. The lowest BCUT2D eigenvalue weighted by Gasteiger charge is -2.11. The molecule has 0 unspecified atom stereocenters. The molecule has 0 aliphatic heterocycles. The highest BCUT2D eigenvalue weighted by Crippen LogP contribution is 2.39. The summed E-state index contributed by atoms with van der Waals surface area (Å²) in [6.07, 6.45) is 0. The molecule has 7 rings (SSSR count). The number of fused-ring (bicyclic) bond motifs is 7. The van der Waals surface area contributed by atoms with Gasteiger partial charge in [-0.25, -0.2) is 0 Å². The maximum Gasteiger partial charge on any atom is 0.137 e. The van der Waals surface area contributed by atoms with E-state index in [-0.39, 0.29) is 0 Å². The van der Waals surface area contributed by atoms with Crippen molar-refractivity contribution in [3.8, 4) is 5.69 Å². The fourth-order valence-electron chi connectivity index (χ4n) is 4.85. The van der Waals surface area contributed by atoms with Crippen molar-refractivity contribution in [1.29, 1.82) is 0 Å². The fraction of sp³-hybridized carbons (Fsp3) is 0. The SMILES string of the molecule is c1ccc2c(-n3c4ccccc4c4cc5c(cc43)oc3ccccc35)cccc2c1. The van der Waals surface area contributed by atoms with Gasteiger partial charge in [-0.3, -0.25) is 0 Å². The molecule has 5 aromatic carbocycles. The summed E-state index contributed by atoms with van der Waals surface area (Å²) < 4.78 is 8.60. The molecule has 2 heterocycles. The van der Waals surface area contributed by atoms with Gasteiger partial charge >= 0.3 is 0 Å². The number of para-hydroxylation sites is 2. The molecule has 0 saturated heterocycles. The number of hydrogen-bond donors (Lipinski definition) is 0. The van der Waals surface area contributed by atoms with Crippen LogP contribution in [-0.4, -0.2) is 4.57 Å². The van der Waals surface area contributed by atoms with Gasteiger partial charge in [0.25, 0.3) is 0 Å². The highest BCUT2D eigenvalue weighted by Gasteiger charge is 2.17. The molecule has 0 bridgehead atoms. The fourth-order valence-corrected chi connectivity index (χ4v) is 4.85. The van der Waals surface area contributed by atoms with Gasteiger partial charge in [-0.1, -0.05) is 72.8 Å². The van der Waals surface area contributed by atoms with Gasteiger partial charge in [0.15, 0.2) is 0 Å². The summed E-state index contributed by atoms with van der Waals surface area (Å²) >= 11 is 0. The van der Waals surface area contributed by atoms with Crippen LogP contribution in [0, 0.1) is 0 Å². The molecule has 0 atom stereocenters. The van der Waals surface area contributed by atoms with Crippen LogP contribution in [0.25, 0.3) is 60.2 Å². The van der Waals surface area contributed by atoms with E-state index >= 15 is 0 Å². The molecule has 0 N–H and O–H groups in total. The molecule has 0 fully saturated rings. The van der Waals surface area contributed by atoms with Crippen molar-refractivity contribution in [2.45, 2.75) is 0 Å². The number of rotatable bonds is 1. The Labute approximate surface area is 172 Å². The third-order valence-electron chi connectivity index (χ3n) is 6.18. The van der Waals surface area contributed by atoms with Crippen LogP contribution in [0.4, 0.5) is 0 Å². The van der Waals surface area contributed by atoms with Gasteiger partial charge in [0.2, 0.25) is 0 Å². The molecule has 140 valence electrons. The van der Waals surface area contributed by atoms with Crippen molar-refractivity contribution in [2.75, 3.05) is 0 Å². The van der Waals surface area contributed by atoms with E-state index in [1.165, 1.54) is 43.7 Å². The number of nitrogens with zero attached hydrogens (tertiary/aromatic N) is 1. The number of aromatic nitrogens is 1. The van der Waals surface area contributed by atoms with Crippen molar-refractivity contribution in [1.82, 2.24) is 4.57 Å². The molecule has 2 aromatic heterocycles. The molecule has 0 aliphatic carbocycles. The lowest BCUT2D eigenvalue weighted by Crippen LogP contribution is -1.94. The third kappa shape index (κ3) is 2.03. The number of furan rings is 1.